The molecule has 4 rings (SSSR count). The zero-order valence-corrected chi connectivity index (χ0v) is 23.8. The van der Waals surface area contributed by atoms with Gasteiger partial charge in [-0.25, -0.2) is 0 Å². The molecule has 0 radical (unpaired) electrons. The van der Waals surface area contributed by atoms with Crippen molar-refractivity contribution in [2.75, 3.05) is 36.2 Å². The maximum atomic E-state index is 2.55. The van der Waals surface area contributed by atoms with E-state index in [2.05, 4.69) is 124 Å². The lowest BCUT2D eigenvalue weighted by Crippen LogP contribution is -2.30. The van der Waals surface area contributed by atoms with Gasteiger partial charge in [-0.3, -0.25) is 0 Å². The van der Waals surface area contributed by atoms with Crippen LogP contribution in [-0.4, -0.2) is 36.2 Å². The third-order valence-corrected chi connectivity index (χ3v) is 8.28. The second-order valence-corrected chi connectivity index (χ2v) is 11.2. The first-order chi connectivity index (χ1) is 17.2. The molecule has 4 nitrogen and oxygen atoms in total. The summed E-state index contributed by atoms with van der Waals surface area (Å²) in [6.07, 6.45) is 2.41. The van der Waals surface area contributed by atoms with Crippen molar-refractivity contribution < 1.29 is 0 Å². The zero-order valence-electron chi connectivity index (χ0n) is 23.8. The molecule has 2 aliphatic heterocycles. The Morgan fingerprint density at radius 1 is 0.528 bits per heavy atom. The molecule has 0 fully saturated rings. The van der Waals surface area contributed by atoms with Crippen LogP contribution in [0.5, 0.6) is 0 Å². The van der Waals surface area contributed by atoms with Crippen molar-refractivity contribution in [1.82, 2.24) is 9.80 Å². The molecule has 2 aromatic carbocycles. The lowest BCUT2D eigenvalue weighted by atomic mass is 10.0. The number of nitrogens with zero attached hydrogens (tertiary/aromatic N) is 4. The van der Waals surface area contributed by atoms with E-state index in [9.17, 15) is 0 Å². The summed E-state index contributed by atoms with van der Waals surface area (Å²) >= 11 is 0. The highest BCUT2D eigenvalue weighted by Gasteiger charge is 2.26. The summed E-state index contributed by atoms with van der Waals surface area (Å²) < 4.78 is 0. The molecule has 0 aliphatic carbocycles. The molecule has 0 atom stereocenters. The molecule has 2 aromatic rings. The first kappa shape index (κ1) is 26.2. The highest BCUT2D eigenvalue weighted by atomic mass is 15.4. The normalized spacial score (nSPS) is 16.6. The van der Waals surface area contributed by atoms with Gasteiger partial charge >= 0.3 is 0 Å². The SMILES string of the molecule is CC1=C(C)N(c2ccc(C(C)C)cc2)CN1CCCCN1CN(c2ccc(C(C)C)cc2)C(C)=C1C. The molecule has 0 N–H and O–H groups in total. The van der Waals surface area contributed by atoms with E-state index in [0.29, 0.717) is 11.8 Å². The van der Waals surface area contributed by atoms with Crippen LogP contribution < -0.4 is 9.80 Å². The Morgan fingerprint density at radius 3 is 1.17 bits per heavy atom. The van der Waals surface area contributed by atoms with Crippen molar-refractivity contribution in [2.24, 2.45) is 0 Å². The minimum absolute atomic E-state index is 0.572. The standard InChI is InChI=1S/C32H46N4/c1-23(2)29-11-15-31(16-12-29)35-21-33(25(5)27(35)7)19-9-10-20-34-22-36(28(8)26(34)6)32-17-13-30(14-18-32)24(3)4/h11-18,23-24H,9-10,19-22H2,1-8H3. The maximum absolute atomic E-state index is 2.55. The number of anilines is 2. The lowest BCUT2D eigenvalue weighted by Gasteiger charge is -2.26. The molecule has 0 unspecified atom stereocenters. The smallest absolute Gasteiger partial charge is 0.0946 e. The van der Waals surface area contributed by atoms with Crippen molar-refractivity contribution in [3.63, 3.8) is 0 Å². The van der Waals surface area contributed by atoms with E-state index in [1.807, 2.05) is 0 Å². The minimum Gasteiger partial charge on any atom is -0.356 e. The van der Waals surface area contributed by atoms with E-state index < -0.39 is 0 Å². The molecule has 0 bridgehead atoms. The van der Waals surface area contributed by atoms with Crippen LogP contribution >= 0.6 is 0 Å². The van der Waals surface area contributed by atoms with E-state index in [0.717, 1.165) is 26.4 Å². The van der Waals surface area contributed by atoms with Gasteiger partial charge in [0, 0.05) is 47.3 Å². The van der Waals surface area contributed by atoms with Crippen LogP contribution in [0.15, 0.2) is 71.3 Å². The molecule has 36 heavy (non-hydrogen) atoms. The number of allylic oxidation sites excluding steroid dienone is 4. The Hall–Kier alpha value is -2.88. The van der Waals surface area contributed by atoms with E-state index in [4.69, 9.17) is 0 Å². The van der Waals surface area contributed by atoms with Gasteiger partial charge in [0.05, 0.1) is 13.3 Å². The molecule has 0 saturated carbocycles. The molecule has 2 heterocycles. The first-order valence-electron chi connectivity index (χ1n) is 13.8. The highest BCUT2D eigenvalue weighted by molar-refractivity contribution is 5.56. The Kier molecular flexibility index (Phi) is 8.02. The number of hydrogen-bond donors (Lipinski definition) is 0. The van der Waals surface area contributed by atoms with E-state index >= 15 is 0 Å². The van der Waals surface area contributed by atoms with Crippen molar-refractivity contribution in [3.8, 4) is 0 Å². The molecular formula is C32H46N4. The topological polar surface area (TPSA) is 13.0 Å². The fourth-order valence-corrected chi connectivity index (χ4v) is 5.33. The molecule has 0 spiro atoms. The number of unbranched alkanes of at least 4 members (excludes halogenated alkanes) is 1. The third-order valence-electron chi connectivity index (χ3n) is 8.28. The summed E-state index contributed by atoms with van der Waals surface area (Å²) in [5.41, 5.74) is 11.0. The first-order valence-corrected chi connectivity index (χ1v) is 13.8. The lowest BCUT2D eigenvalue weighted by molar-refractivity contribution is 0.329. The third kappa shape index (κ3) is 5.43. The van der Waals surface area contributed by atoms with Crippen LogP contribution in [0.1, 0.15) is 91.2 Å². The molecule has 0 aromatic heterocycles. The monoisotopic (exact) mass is 486 g/mol. The van der Waals surface area contributed by atoms with Crippen molar-refractivity contribution >= 4 is 11.4 Å². The quantitative estimate of drug-likeness (QED) is 0.332. The largest absolute Gasteiger partial charge is 0.356 e. The summed E-state index contributed by atoms with van der Waals surface area (Å²) in [5.74, 6) is 1.14. The Labute approximate surface area is 219 Å². The molecule has 194 valence electrons. The van der Waals surface area contributed by atoms with Gasteiger partial charge < -0.3 is 19.6 Å². The van der Waals surface area contributed by atoms with Crippen molar-refractivity contribution in [1.29, 1.82) is 0 Å². The summed E-state index contributed by atoms with van der Waals surface area (Å²) in [6, 6.07) is 18.2. The van der Waals surface area contributed by atoms with Gasteiger partial charge in [-0.2, -0.15) is 0 Å². The molecular weight excluding hydrogens is 440 g/mol. The zero-order chi connectivity index (χ0) is 26.0. The molecule has 0 saturated heterocycles. The summed E-state index contributed by atoms with van der Waals surface area (Å²) in [4.78, 5) is 10.0. The van der Waals surface area contributed by atoms with Gasteiger partial charge in [-0.1, -0.05) is 52.0 Å². The predicted molar refractivity (Wildman–Crippen MR) is 155 cm³/mol. The van der Waals surface area contributed by atoms with Gasteiger partial charge in [0.1, 0.15) is 0 Å². The van der Waals surface area contributed by atoms with Gasteiger partial charge in [0.25, 0.3) is 0 Å². The Balaban J connectivity index is 1.28. The summed E-state index contributed by atoms with van der Waals surface area (Å²) in [5, 5.41) is 0. The molecule has 2 aliphatic rings. The van der Waals surface area contributed by atoms with Crippen LogP contribution in [0.3, 0.4) is 0 Å². The average molecular weight is 487 g/mol. The van der Waals surface area contributed by atoms with Crippen LogP contribution in [-0.2, 0) is 0 Å². The summed E-state index contributed by atoms with van der Waals surface area (Å²) in [7, 11) is 0. The average Bonchev–Trinajstić information content (AvgIpc) is 3.32. The second-order valence-electron chi connectivity index (χ2n) is 11.2. The minimum atomic E-state index is 0.572. The van der Waals surface area contributed by atoms with Gasteiger partial charge in [0.2, 0.25) is 0 Å². The van der Waals surface area contributed by atoms with Crippen LogP contribution in [0.25, 0.3) is 0 Å². The summed E-state index contributed by atoms with van der Waals surface area (Å²) in [6.45, 7) is 22.2. The Morgan fingerprint density at radius 2 is 0.861 bits per heavy atom. The fourth-order valence-electron chi connectivity index (χ4n) is 5.33. The van der Waals surface area contributed by atoms with Crippen LogP contribution in [0.4, 0.5) is 11.4 Å². The van der Waals surface area contributed by atoms with Gasteiger partial charge in [0.15, 0.2) is 0 Å². The molecule has 0 amide bonds. The van der Waals surface area contributed by atoms with Crippen molar-refractivity contribution in [2.45, 2.75) is 80.1 Å². The van der Waals surface area contributed by atoms with Crippen LogP contribution in [0, 0.1) is 0 Å². The number of hydrogen-bond acceptors (Lipinski definition) is 4. The van der Waals surface area contributed by atoms with E-state index in [1.54, 1.807) is 0 Å². The second kappa shape index (κ2) is 11.0. The van der Waals surface area contributed by atoms with Gasteiger partial charge in [-0.15, -0.1) is 0 Å². The molecule has 4 heteroatoms. The van der Waals surface area contributed by atoms with Crippen LogP contribution in [0.2, 0.25) is 0 Å². The fraction of sp³-hybridized carbons (Fsp3) is 0.500. The Bertz CT molecular complexity index is 1000. The predicted octanol–water partition coefficient (Wildman–Crippen LogP) is 8.08. The number of rotatable bonds is 9. The van der Waals surface area contributed by atoms with Gasteiger partial charge in [-0.05, 0) is 87.8 Å². The van der Waals surface area contributed by atoms with E-state index in [1.165, 1.54) is 58.1 Å². The van der Waals surface area contributed by atoms with Crippen molar-refractivity contribution in [3.05, 3.63) is 82.4 Å². The number of benzene rings is 2. The maximum Gasteiger partial charge on any atom is 0.0946 e. The highest BCUT2D eigenvalue weighted by Crippen LogP contribution is 2.32. The van der Waals surface area contributed by atoms with E-state index in [-0.39, 0.29) is 0 Å².